The highest BCUT2D eigenvalue weighted by atomic mass is 79.9. The first-order chi connectivity index (χ1) is 14.3. The molecule has 5 nitrogen and oxygen atoms in total. The van der Waals surface area contributed by atoms with Crippen molar-refractivity contribution in [3.05, 3.63) is 87.3 Å². The van der Waals surface area contributed by atoms with Gasteiger partial charge in [0.05, 0.1) is 10.6 Å². The molecule has 0 aliphatic rings. The highest BCUT2D eigenvalue weighted by molar-refractivity contribution is 9.10. The van der Waals surface area contributed by atoms with E-state index in [0.717, 1.165) is 20.3 Å². The maximum absolute atomic E-state index is 12.5. The number of thioether (sulfide) groups is 1. The average molecular weight is 570 g/mol. The van der Waals surface area contributed by atoms with Gasteiger partial charge >= 0.3 is 0 Å². The van der Waals surface area contributed by atoms with Crippen molar-refractivity contribution in [1.82, 2.24) is 0 Å². The zero-order chi connectivity index (χ0) is 21.6. The third kappa shape index (κ3) is 6.87. The molecule has 0 aliphatic carbocycles. The van der Waals surface area contributed by atoms with Crippen LogP contribution in [0.4, 0.5) is 11.4 Å². The molecule has 0 aromatic heterocycles. The number of benzene rings is 3. The Labute approximate surface area is 197 Å². The van der Waals surface area contributed by atoms with E-state index in [1.807, 2.05) is 24.3 Å². The summed E-state index contributed by atoms with van der Waals surface area (Å²) in [5.74, 6) is 0.891. The molecule has 30 heavy (non-hydrogen) atoms. The van der Waals surface area contributed by atoms with Gasteiger partial charge in [-0.1, -0.05) is 44.0 Å². The van der Waals surface area contributed by atoms with E-state index >= 15 is 0 Å². The van der Waals surface area contributed by atoms with Crippen LogP contribution in [0.25, 0.3) is 0 Å². The summed E-state index contributed by atoms with van der Waals surface area (Å²) < 4.78 is 29.4. The Morgan fingerprint density at radius 1 is 0.867 bits per heavy atom. The molecule has 0 spiro atoms. The summed E-state index contributed by atoms with van der Waals surface area (Å²) in [6.07, 6.45) is 0. The molecule has 0 radical (unpaired) electrons. The minimum atomic E-state index is -3.71. The fourth-order valence-electron chi connectivity index (χ4n) is 2.53. The molecule has 0 fully saturated rings. The maximum Gasteiger partial charge on any atom is 0.261 e. The quantitative estimate of drug-likeness (QED) is 0.355. The van der Waals surface area contributed by atoms with E-state index < -0.39 is 10.0 Å². The minimum absolute atomic E-state index is 0.118. The lowest BCUT2D eigenvalue weighted by atomic mass is 10.2. The van der Waals surface area contributed by atoms with E-state index in [4.69, 9.17) is 0 Å². The van der Waals surface area contributed by atoms with Gasteiger partial charge in [-0.2, -0.15) is 0 Å². The lowest BCUT2D eigenvalue weighted by molar-refractivity contribution is -0.113. The van der Waals surface area contributed by atoms with Crippen molar-refractivity contribution in [2.24, 2.45) is 0 Å². The molecule has 0 saturated heterocycles. The second-order valence-electron chi connectivity index (χ2n) is 6.31. The van der Waals surface area contributed by atoms with Crippen molar-refractivity contribution in [1.29, 1.82) is 0 Å². The summed E-state index contributed by atoms with van der Waals surface area (Å²) in [6, 6.07) is 20.9. The Kier molecular flexibility index (Phi) is 7.99. The van der Waals surface area contributed by atoms with Gasteiger partial charge in [0, 0.05) is 26.1 Å². The van der Waals surface area contributed by atoms with Crippen molar-refractivity contribution in [2.45, 2.75) is 10.6 Å². The van der Waals surface area contributed by atoms with Crippen LogP contribution in [0.5, 0.6) is 0 Å². The van der Waals surface area contributed by atoms with Gasteiger partial charge in [0.1, 0.15) is 0 Å². The van der Waals surface area contributed by atoms with Gasteiger partial charge in [-0.05, 0) is 66.2 Å². The summed E-state index contributed by atoms with van der Waals surface area (Å²) >= 11 is 8.25. The number of hydrogen-bond acceptors (Lipinski definition) is 4. The average Bonchev–Trinajstić information content (AvgIpc) is 2.70. The SMILES string of the molecule is O=C(CSCc1cccc(Br)c1)Nc1ccc(S(=O)(=O)Nc2ccc(Br)cc2)cc1. The number of hydrogen-bond donors (Lipinski definition) is 2. The summed E-state index contributed by atoms with van der Waals surface area (Å²) in [5, 5.41) is 2.78. The monoisotopic (exact) mass is 568 g/mol. The predicted octanol–water partition coefficient (Wildman–Crippen LogP) is 5.88. The van der Waals surface area contributed by atoms with Gasteiger partial charge in [0.2, 0.25) is 5.91 Å². The van der Waals surface area contributed by atoms with Crippen molar-refractivity contribution in [3.63, 3.8) is 0 Å². The Morgan fingerprint density at radius 2 is 1.53 bits per heavy atom. The molecule has 3 rings (SSSR count). The maximum atomic E-state index is 12.5. The smallest absolute Gasteiger partial charge is 0.261 e. The summed E-state index contributed by atoms with van der Waals surface area (Å²) in [6.45, 7) is 0. The molecule has 0 aliphatic heterocycles. The van der Waals surface area contributed by atoms with E-state index in [0.29, 0.717) is 17.1 Å². The van der Waals surface area contributed by atoms with Crippen LogP contribution in [-0.4, -0.2) is 20.1 Å². The third-order valence-corrected chi connectivity index (χ3v) is 7.36. The van der Waals surface area contributed by atoms with Gasteiger partial charge in [0.25, 0.3) is 10.0 Å². The number of rotatable bonds is 8. The number of halogens is 2. The van der Waals surface area contributed by atoms with E-state index in [2.05, 4.69) is 41.9 Å². The molecule has 0 unspecified atom stereocenters. The molecule has 0 heterocycles. The van der Waals surface area contributed by atoms with Crippen LogP contribution in [0.1, 0.15) is 5.56 Å². The lowest BCUT2D eigenvalue weighted by Gasteiger charge is -2.10. The topological polar surface area (TPSA) is 75.3 Å². The summed E-state index contributed by atoms with van der Waals surface area (Å²) in [7, 11) is -3.71. The molecular weight excluding hydrogens is 552 g/mol. The highest BCUT2D eigenvalue weighted by Crippen LogP contribution is 2.21. The first kappa shape index (κ1) is 22.9. The fourth-order valence-corrected chi connectivity index (χ4v) is 5.08. The summed E-state index contributed by atoms with van der Waals surface area (Å²) in [4.78, 5) is 12.3. The normalized spacial score (nSPS) is 11.1. The molecule has 9 heteroatoms. The van der Waals surface area contributed by atoms with Crippen LogP contribution in [0.3, 0.4) is 0 Å². The van der Waals surface area contributed by atoms with E-state index in [1.54, 1.807) is 36.4 Å². The molecule has 0 atom stereocenters. The second kappa shape index (κ2) is 10.5. The van der Waals surface area contributed by atoms with Gasteiger partial charge < -0.3 is 5.32 Å². The molecule has 0 bridgehead atoms. The van der Waals surface area contributed by atoms with Crippen molar-refractivity contribution >= 4 is 70.9 Å². The molecule has 1 amide bonds. The van der Waals surface area contributed by atoms with E-state index in [1.165, 1.54) is 23.9 Å². The molecule has 2 N–H and O–H groups in total. The van der Waals surface area contributed by atoms with E-state index in [-0.39, 0.29) is 10.8 Å². The lowest BCUT2D eigenvalue weighted by Crippen LogP contribution is -2.15. The minimum Gasteiger partial charge on any atom is -0.325 e. The highest BCUT2D eigenvalue weighted by Gasteiger charge is 2.14. The Balaban J connectivity index is 1.53. The van der Waals surface area contributed by atoms with Crippen molar-refractivity contribution in [2.75, 3.05) is 15.8 Å². The zero-order valence-corrected chi connectivity index (χ0v) is 20.4. The largest absolute Gasteiger partial charge is 0.325 e. The molecule has 3 aromatic carbocycles. The number of nitrogens with one attached hydrogen (secondary N) is 2. The van der Waals surface area contributed by atoms with Gasteiger partial charge in [-0.15, -0.1) is 11.8 Å². The number of carbonyl (C=O) groups excluding carboxylic acids is 1. The molecule has 156 valence electrons. The van der Waals surface area contributed by atoms with Gasteiger partial charge in [0.15, 0.2) is 0 Å². The number of carbonyl (C=O) groups is 1. The Morgan fingerprint density at radius 3 is 2.20 bits per heavy atom. The first-order valence-electron chi connectivity index (χ1n) is 8.82. The van der Waals surface area contributed by atoms with Crippen molar-refractivity contribution in [3.8, 4) is 0 Å². The van der Waals surface area contributed by atoms with Gasteiger partial charge in [-0.25, -0.2) is 8.42 Å². The Hall–Kier alpha value is -1.81. The number of anilines is 2. The second-order valence-corrected chi connectivity index (χ2v) is 10.8. The fraction of sp³-hybridized carbons (Fsp3) is 0.0952. The number of sulfonamides is 1. The summed E-state index contributed by atoms with van der Waals surface area (Å²) in [5.41, 5.74) is 2.15. The Bertz CT molecular complexity index is 1120. The van der Waals surface area contributed by atoms with Gasteiger partial charge in [-0.3, -0.25) is 9.52 Å². The first-order valence-corrected chi connectivity index (χ1v) is 13.0. The van der Waals surface area contributed by atoms with Crippen LogP contribution in [0.15, 0.2) is 86.6 Å². The third-order valence-electron chi connectivity index (χ3n) is 3.94. The predicted molar refractivity (Wildman–Crippen MR) is 130 cm³/mol. The molecule has 0 saturated carbocycles. The molecule has 3 aromatic rings. The van der Waals surface area contributed by atoms with Crippen LogP contribution >= 0.6 is 43.6 Å². The zero-order valence-electron chi connectivity index (χ0n) is 15.6. The standard InChI is InChI=1S/C21H18Br2N2O3S2/c22-16-4-6-19(7-5-16)25-30(27,28)20-10-8-18(9-11-20)24-21(26)14-29-13-15-2-1-3-17(23)12-15/h1-12,25H,13-14H2,(H,24,26). The van der Waals surface area contributed by atoms with Crippen LogP contribution < -0.4 is 10.0 Å². The van der Waals surface area contributed by atoms with Crippen LogP contribution in [0.2, 0.25) is 0 Å². The van der Waals surface area contributed by atoms with Crippen molar-refractivity contribution < 1.29 is 13.2 Å². The number of amides is 1. The van der Waals surface area contributed by atoms with Crippen LogP contribution in [-0.2, 0) is 20.6 Å². The van der Waals surface area contributed by atoms with Crippen LogP contribution in [0, 0.1) is 0 Å². The molecular formula is C21H18Br2N2O3S2. The van der Waals surface area contributed by atoms with E-state index in [9.17, 15) is 13.2 Å².